The highest BCUT2D eigenvalue weighted by Crippen LogP contribution is 2.27. The largest absolute Gasteiger partial charge is 0.354 e. The molecule has 5 nitrogen and oxygen atoms in total. The maximum atomic E-state index is 12.7. The van der Waals surface area contributed by atoms with E-state index in [1.807, 2.05) is 25.1 Å². The van der Waals surface area contributed by atoms with E-state index in [0.29, 0.717) is 19.5 Å². The molecule has 0 saturated carbocycles. The van der Waals surface area contributed by atoms with Crippen molar-refractivity contribution in [2.45, 2.75) is 57.9 Å². The molecule has 0 bridgehead atoms. The topological polar surface area (TPSA) is 62.3 Å². The summed E-state index contributed by atoms with van der Waals surface area (Å²) in [4.78, 5) is 31.5. The Kier molecular flexibility index (Phi) is 6.25. The Bertz CT molecular complexity index is 740. The van der Waals surface area contributed by atoms with Crippen LogP contribution in [0.4, 0.5) is 0 Å². The van der Waals surface area contributed by atoms with E-state index in [1.165, 1.54) is 4.70 Å². The number of carbonyl (C=O) groups excluding carboxylic acids is 2. The van der Waals surface area contributed by atoms with Gasteiger partial charge < -0.3 is 10.2 Å². The maximum absolute atomic E-state index is 12.7. The molecule has 2 heterocycles. The highest BCUT2D eigenvalue weighted by Gasteiger charge is 2.31. The van der Waals surface area contributed by atoms with E-state index in [0.717, 1.165) is 36.2 Å². The number of aromatic nitrogens is 1. The summed E-state index contributed by atoms with van der Waals surface area (Å²) < 4.78 is 1.17. The van der Waals surface area contributed by atoms with Crippen molar-refractivity contribution in [3.05, 3.63) is 29.3 Å². The molecule has 0 aliphatic carbocycles. The number of rotatable bonds is 6. The van der Waals surface area contributed by atoms with Crippen LogP contribution in [-0.4, -0.2) is 40.8 Å². The number of thiazole rings is 1. The molecule has 1 aromatic carbocycles. The molecule has 1 fully saturated rings. The Labute approximate surface area is 158 Å². The fourth-order valence-electron chi connectivity index (χ4n) is 3.42. The van der Waals surface area contributed by atoms with Crippen LogP contribution >= 0.6 is 11.3 Å². The first-order valence-corrected chi connectivity index (χ1v) is 10.3. The minimum Gasteiger partial charge on any atom is -0.354 e. The van der Waals surface area contributed by atoms with Gasteiger partial charge >= 0.3 is 0 Å². The summed E-state index contributed by atoms with van der Waals surface area (Å²) >= 11 is 1.68. The molecule has 1 N–H and O–H groups in total. The van der Waals surface area contributed by atoms with Crippen molar-refractivity contribution in [3.8, 4) is 0 Å². The molecule has 0 spiro atoms. The summed E-state index contributed by atoms with van der Waals surface area (Å²) in [7, 11) is 0. The van der Waals surface area contributed by atoms with Gasteiger partial charge in [0, 0.05) is 25.4 Å². The Morgan fingerprint density at radius 3 is 2.92 bits per heavy atom. The van der Waals surface area contributed by atoms with Crippen LogP contribution in [0.5, 0.6) is 0 Å². The molecule has 26 heavy (non-hydrogen) atoms. The first-order chi connectivity index (χ1) is 12.6. The molecule has 140 valence electrons. The van der Waals surface area contributed by atoms with Crippen LogP contribution in [0.3, 0.4) is 0 Å². The zero-order valence-corrected chi connectivity index (χ0v) is 16.3. The summed E-state index contributed by atoms with van der Waals surface area (Å²) in [6.45, 7) is 5.32. The van der Waals surface area contributed by atoms with Gasteiger partial charge in [-0.2, -0.15) is 0 Å². The Morgan fingerprint density at radius 1 is 1.35 bits per heavy atom. The van der Waals surface area contributed by atoms with Crippen LogP contribution in [0.15, 0.2) is 24.3 Å². The lowest BCUT2D eigenvalue weighted by Gasteiger charge is -2.35. The van der Waals surface area contributed by atoms with Crippen LogP contribution in [0.25, 0.3) is 10.2 Å². The third-order valence-electron chi connectivity index (χ3n) is 4.90. The van der Waals surface area contributed by atoms with E-state index in [4.69, 9.17) is 0 Å². The number of carbonyl (C=O) groups is 2. The van der Waals surface area contributed by atoms with Crippen molar-refractivity contribution in [3.63, 3.8) is 0 Å². The molecular weight excluding hydrogens is 346 g/mol. The number of piperidine rings is 1. The fourth-order valence-corrected chi connectivity index (χ4v) is 4.44. The lowest BCUT2D eigenvalue weighted by Crippen LogP contribution is -2.52. The van der Waals surface area contributed by atoms with Crippen molar-refractivity contribution in [1.82, 2.24) is 15.2 Å². The Morgan fingerprint density at radius 2 is 2.15 bits per heavy atom. The first kappa shape index (κ1) is 18.8. The van der Waals surface area contributed by atoms with Crippen molar-refractivity contribution in [1.29, 1.82) is 0 Å². The molecule has 6 heteroatoms. The van der Waals surface area contributed by atoms with E-state index in [2.05, 4.69) is 23.3 Å². The van der Waals surface area contributed by atoms with Gasteiger partial charge in [-0.15, -0.1) is 11.3 Å². The van der Waals surface area contributed by atoms with E-state index in [1.54, 1.807) is 16.2 Å². The second-order valence-corrected chi connectivity index (χ2v) is 8.08. The molecule has 3 rings (SSSR count). The van der Waals surface area contributed by atoms with Gasteiger partial charge in [0.15, 0.2) is 0 Å². The monoisotopic (exact) mass is 373 g/mol. The number of hydrogen-bond donors (Lipinski definition) is 1. The number of hydrogen-bond acceptors (Lipinski definition) is 4. The summed E-state index contributed by atoms with van der Waals surface area (Å²) in [6, 6.07) is 7.77. The minimum atomic E-state index is -0.314. The summed E-state index contributed by atoms with van der Waals surface area (Å²) in [5.74, 6) is 0.230. The number of amides is 2. The number of likely N-dealkylation sites (tertiary alicyclic amines) is 1. The van der Waals surface area contributed by atoms with Crippen molar-refractivity contribution < 1.29 is 9.59 Å². The molecule has 1 aliphatic heterocycles. The molecule has 0 radical (unpaired) electrons. The number of fused-ring (bicyclic) bond motifs is 1. The van der Waals surface area contributed by atoms with Gasteiger partial charge in [0.25, 0.3) is 0 Å². The van der Waals surface area contributed by atoms with Gasteiger partial charge in [0.1, 0.15) is 6.04 Å². The SMILES string of the molecule is CCCC(=O)N1CCCC[C@@H]1C(=O)NC[C@H](C)c1nc2ccccc2s1. The molecule has 1 saturated heterocycles. The van der Waals surface area contributed by atoms with Crippen LogP contribution < -0.4 is 5.32 Å². The minimum absolute atomic E-state index is 0.0258. The Balaban J connectivity index is 1.60. The van der Waals surface area contributed by atoms with Gasteiger partial charge in [-0.05, 0) is 37.8 Å². The van der Waals surface area contributed by atoms with Crippen LogP contribution in [-0.2, 0) is 9.59 Å². The molecule has 2 atom stereocenters. The van der Waals surface area contributed by atoms with E-state index < -0.39 is 0 Å². The lowest BCUT2D eigenvalue weighted by atomic mass is 10.0. The van der Waals surface area contributed by atoms with Gasteiger partial charge in [-0.1, -0.05) is 26.0 Å². The van der Waals surface area contributed by atoms with Crippen LogP contribution in [0.2, 0.25) is 0 Å². The molecule has 0 unspecified atom stereocenters. The van der Waals surface area contributed by atoms with E-state index in [-0.39, 0.29) is 23.8 Å². The predicted molar refractivity (Wildman–Crippen MR) is 105 cm³/mol. The molecular formula is C20H27N3O2S. The zero-order chi connectivity index (χ0) is 18.5. The van der Waals surface area contributed by atoms with Crippen molar-refractivity contribution in [2.75, 3.05) is 13.1 Å². The van der Waals surface area contributed by atoms with Gasteiger partial charge in [-0.3, -0.25) is 9.59 Å². The third kappa shape index (κ3) is 4.23. The molecule has 2 amide bonds. The van der Waals surface area contributed by atoms with E-state index >= 15 is 0 Å². The van der Waals surface area contributed by atoms with E-state index in [9.17, 15) is 9.59 Å². The lowest BCUT2D eigenvalue weighted by molar-refractivity contribution is -0.142. The van der Waals surface area contributed by atoms with Crippen molar-refractivity contribution in [2.24, 2.45) is 0 Å². The second kappa shape index (κ2) is 8.62. The highest BCUT2D eigenvalue weighted by atomic mass is 32.1. The second-order valence-electron chi connectivity index (χ2n) is 7.01. The van der Waals surface area contributed by atoms with Gasteiger partial charge in [-0.25, -0.2) is 4.98 Å². The average molecular weight is 374 g/mol. The van der Waals surface area contributed by atoms with Gasteiger partial charge in [0.05, 0.1) is 15.2 Å². The summed E-state index contributed by atoms with van der Waals surface area (Å²) in [5.41, 5.74) is 1.01. The maximum Gasteiger partial charge on any atom is 0.242 e. The molecule has 1 aromatic heterocycles. The Hall–Kier alpha value is -1.95. The third-order valence-corrected chi connectivity index (χ3v) is 6.17. The average Bonchev–Trinajstić information content (AvgIpc) is 3.10. The van der Waals surface area contributed by atoms with Crippen LogP contribution in [0, 0.1) is 0 Å². The number of nitrogens with zero attached hydrogens (tertiary/aromatic N) is 2. The quantitative estimate of drug-likeness (QED) is 0.840. The smallest absolute Gasteiger partial charge is 0.242 e. The van der Waals surface area contributed by atoms with Gasteiger partial charge in [0.2, 0.25) is 11.8 Å². The fraction of sp³-hybridized carbons (Fsp3) is 0.550. The zero-order valence-electron chi connectivity index (χ0n) is 15.5. The number of benzene rings is 1. The molecule has 2 aromatic rings. The molecule has 1 aliphatic rings. The standard InChI is InChI=1S/C20H27N3O2S/c1-3-8-18(24)23-12-7-6-10-16(23)19(25)21-13-14(2)20-22-15-9-4-5-11-17(15)26-20/h4-5,9,11,14,16H,3,6-8,10,12-13H2,1-2H3,(H,21,25)/t14-,16+/m0/s1. The summed E-state index contributed by atoms with van der Waals surface area (Å²) in [6.07, 6.45) is 4.09. The first-order valence-electron chi connectivity index (χ1n) is 9.52. The highest BCUT2D eigenvalue weighted by molar-refractivity contribution is 7.18. The number of para-hydroxylation sites is 1. The van der Waals surface area contributed by atoms with Crippen molar-refractivity contribution >= 4 is 33.4 Å². The number of nitrogens with one attached hydrogen (secondary N) is 1. The normalized spacial score (nSPS) is 18.7. The van der Waals surface area contributed by atoms with Crippen LogP contribution in [0.1, 0.15) is 56.9 Å². The summed E-state index contributed by atoms with van der Waals surface area (Å²) in [5, 5.41) is 4.09. The predicted octanol–water partition coefficient (Wildman–Crippen LogP) is 3.70.